The Morgan fingerprint density at radius 2 is 1.42 bits per heavy atom. The second kappa shape index (κ2) is 10.6. The number of rotatable bonds is 5. The van der Waals surface area contributed by atoms with Gasteiger partial charge in [-0.3, -0.25) is 20.2 Å². The van der Waals surface area contributed by atoms with Gasteiger partial charge >= 0.3 is 6.03 Å². The van der Waals surface area contributed by atoms with E-state index in [2.05, 4.69) is 10.6 Å². The molecule has 12 heteroatoms. The molecular formula is C24H13Cl4N3O5. The van der Waals surface area contributed by atoms with Crippen LogP contribution in [0.1, 0.15) is 10.4 Å². The van der Waals surface area contributed by atoms with Crippen LogP contribution in [0.4, 0.5) is 16.2 Å². The molecule has 0 saturated heterocycles. The van der Waals surface area contributed by atoms with Crippen molar-refractivity contribution in [2.24, 2.45) is 0 Å². The number of urea groups is 1. The van der Waals surface area contributed by atoms with Crippen LogP contribution in [0, 0.1) is 10.1 Å². The molecule has 0 saturated carbocycles. The molecule has 0 aliphatic rings. The Hall–Kier alpha value is -3.56. The van der Waals surface area contributed by atoms with Gasteiger partial charge in [-0.2, -0.15) is 0 Å². The Labute approximate surface area is 223 Å². The SMILES string of the molecule is O=C(NC(=O)c1c(Cl)cccc1Cl)Nc1cc(Cl)c(Oc2ccc([N+](=O)[O-])c3ccccc23)c(Cl)c1. The number of halogens is 4. The minimum absolute atomic E-state index is 0.0423. The molecule has 4 rings (SSSR count). The molecule has 4 aromatic carbocycles. The predicted octanol–water partition coefficient (Wildman–Crippen LogP) is 8.12. The zero-order valence-electron chi connectivity index (χ0n) is 17.9. The number of ether oxygens (including phenoxy) is 1. The van der Waals surface area contributed by atoms with Crippen LogP contribution < -0.4 is 15.4 Å². The van der Waals surface area contributed by atoms with Crippen molar-refractivity contribution in [1.29, 1.82) is 0 Å². The van der Waals surface area contributed by atoms with Crippen LogP contribution in [-0.4, -0.2) is 16.9 Å². The fourth-order valence-corrected chi connectivity index (χ4v) is 4.52. The number of imide groups is 1. The number of amides is 3. The summed E-state index contributed by atoms with van der Waals surface area (Å²) in [6.45, 7) is 0. The lowest BCUT2D eigenvalue weighted by Gasteiger charge is -2.14. The van der Waals surface area contributed by atoms with Gasteiger partial charge in [0.25, 0.3) is 11.6 Å². The third-order valence-electron chi connectivity index (χ3n) is 4.94. The van der Waals surface area contributed by atoms with E-state index in [-0.39, 0.29) is 42.8 Å². The molecule has 0 unspecified atom stereocenters. The summed E-state index contributed by atoms with van der Waals surface area (Å²) in [5, 5.41) is 17.0. The number of anilines is 1. The molecule has 0 aliphatic carbocycles. The first-order valence-electron chi connectivity index (χ1n) is 10.0. The zero-order valence-corrected chi connectivity index (χ0v) is 20.9. The number of hydrogen-bond donors (Lipinski definition) is 2. The Balaban J connectivity index is 1.55. The Morgan fingerprint density at radius 1 is 0.806 bits per heavy atom. The summed E-state index contributed by atoms with van der Waals surface area (Å²) in [6, 6.07) is 15.8. The molecule has 3 amide bonds. The highest BCUT2D eigenvalue weighted by Gasteiger charge is 2.20. The Kier molecular flexibility index (Phi) is 7.51. The van der Waals surface area contributed by atoms with Crippen LogP contribution in [0.25, 0.3) is 10.8 Å². The van der Waals surface area contributed by atoms with Gasteiger partial charge in [0, 0.05) is 17.1 Å². The van der Waals surface area contributed by atoms with E-state index in [0.29, 0.717) is 16.5 Å². The molecule has 0 radical (unpaired) electrons. The lowest BCUT2D eigenvalue weighted by Crippen LogP contribution is -2.34. The fraction of sp³-hybridized carbons (Fsp3) is 0. The van der Waals surface area contributed by atoms with Crippen molar-refractivity contribution in [1.82, 2.24) is 5.32 Å². The number of non-ortho nitro benzene ring substituents is 1. The van der Waals surface area contributed by atoms with Gasteiger partial charge in [-0.15, -0.1) is 0 Å². The summed E-state index contributed by atoms with van der Waals surface area (Å²) >= 11 is 24.7. The summed E-state index contributed by atoms with van der Waals surface area (Å²) in [5.41, 5.74) is 0.0425. The summed E-state index contributed by atoms with van der Waals surface area (Å²) in [4.78, 5) is 35.6. The molecule has 0 heterocycles. The molecule has 0 bridgehead atoms. The molecular weight excluding hydrogens is 552 g/mol. The summed E-state index contributed by atoms with van der Waals surface area (Å²) in [6.07, 6.45) is 0. The Morgan fingerprint density at radius 3 is 2.03 bits per heavy atom. The average molecular weight is 565 g/mol. The van der Waals surface area contributed by atoms with E-state index in [1.807, 2.05) is 0 Å². The third kappa shape index (κ3) is 5.32. The summed E-state index contributed by atoms with van der Waals surface area (Å²) in [7, 11) is 0. The van der Waals surface area contributed by atoms with Crippen LogP contribution in [-0.2, 0) is 0 Å². The van der Waals surface area contributed by atoms with Crippen molar-refractivity contribution >= 4 is 80.5 Å². The fourth-order valence-electron chi connectivity index (χ4n) is 3.39. The van der Waals surface area contributed by atoms with E-state index in [4.69, 9.17) is 51.1 Å². The number of fused-ring (bicyclic) bond motifs is 1. The van der Waals surface area contributed by atoms with E-state index < -0.39 is 16.9 Å². The second-order valence-corrected chi connectivity index (χ2v) is 8.89. The summed E-state index contributed by atoms with van der Waals surface area (Å²) < 4.78 is 5.90. The van der Waals surface area contributed by atoms with Gasteiger partial charge in [0.15, 0.2) is 5.75 Å². The largest absolute Gasteiger partial charge is 0.454 e. The monoisotopic (exact) mass is 563 g/mol. The number of nitro groups is 1. The van der Waals surface area contributed by atoms with Gasteiger partial charge in [-0.05, 0) is 36.4 Å². The standard InChI is InChI=1S/C24H13Cl4N3O5/c25-15-6-3-7-16(26)21(15)23(32)30-24(33)29-12-10-17(27)22(18(28)11-12)36-20-9-8-19(31(34)35)13-4-1-2-5-14(13)20/h1-11H,(H2,29,30,32,33). The lowest BCUT2D eigenvalue weighted by molar-refractivity contribution is -0.383. The maximum Gasteiger partial charge on any atom is 0.326 e. The normalized spacial score (nSPS) is 10.7. The molecule has 182 valence electrons. The maximum absolute atomic E-state index is 12.4. The van der Waals surface area contributed by atoms with E-state index in [9.17, 15) is 19.7 Å². The smallest absolute Gasteiger partial charge is 0.326 e. The van der Waals surface area contributed by atoms with Crippen LogP contribution >= 0.6 is 46.4 Å². The molecule has 0 spiro atoms. The summed E-state index contributed by atoms with van der Waals surface area (Å²) in [5.74, 6) is -0.437. The number of nitrogens with zero attached hydrogens (tertiary/aromatic N) is 1. The molecule has 0 fully saturated rings. The molecule has 36 heavy (non-hydrogen) atoms. The predicted molar refractivity (Wildman–Crippen MR) is 140 cm³/mol. The quantitative estimate of drug-likeness (QED) is 0.188. The minimum atomic E-state index is -0.877. The lowest BCUT2D eigenvalue weighted by atomic mass is 10.1. The van der Waals surface area contributed by atoms with Crippen molar-refractivity contribution in [2.45, 2.75) is 0 Å². The van der Waals surface area contributed by atoms with Gasteiger partial charge in [-0.1, -0.05) is 70.7 Å². The first-order chi connectivity index (χ1) is 17.2. The first-order valence-corrected chi connectivity index (χ1v) is 11.6. The Bertz CT molecular complexity index is 1500. The molecule has 8 nitrogen and oxygen atoms in total. The number of nitrogens with one attached hydrogen (secondary N) is 2. The van der Waals surface area contributed by atoms with Gasteiger partial charge in [0.2, 0.25) is 0 Å². The molecule has 0 aromatic heterocycles. The molecule has 0 aliphatic heterocycles. The number of carbonyl (C=O) groups excluding carboxylic acids is 2. The van der Waals surface area contributed by atoms with E-state index in [1.165, 1.54) is 36.4 Å². The van der Waals surface area contributed by atoms with E-state index in [1.54, 1.807) is 30.3 Å². The number of hydrogen-bond acceptors (Lipinski definition) is 5. The van der Waals surface area contributed by atoms with Gasteiger partial charge < -0.3 is 10.1 Å². The van der Waals surface area contributed by atoms with Crippen molar-refractivity contribution in [2.75, 3.05) is 5.32 Å². The van der Waals surface area contributed by atoms with Crippen molar-refractivity contribution < 1.29 is 19.2 Å². The van der Waals surface area contributed by atoms with Crippen LogP contribution in [0.3, 0.4) is 0 Å². The number of benzene rings is 4. The topological polar surface area (TPSA) is 111 Å². The highest BCUT2D eigenvalue weighted by molar-refractivity contribution is 6.40. The molecule has 4 aromatic rings. The molecule has 0 atom stereocenters. The minimum Gasteiger partial charge on any atom is -0.454 e. The van der Waals surface area contributed by atoms with E-state index >= 15 is 0 Å². The number of nitro benzene ring substituents is 1. The van der Waals surface area contributed by atoms with Gasteiger partial charge in [0.05, 0.1) is 36.0 Å². The highest BCUT2D eigenvalue weighted by Crippen LogP contribution is 2.42. The zero-order chi connectivity index (χ0) is 26.0. The maximum atomic E-state index is 12.4. The van der Waals surface area contributed by atoms with Crippen molar-refractivity contribution in [3.8, 4) is 11.5 Å². The van der Waals surface area contributed by atoms with Crippen molar-refractivity contribution in [3.05, 3.63) is 102 Å². The van der Waals surface area contributed by atoms with Gasteiger partial charge in [-0.25, -0.2) is 4.79 Å². The van der Waals surface area contributed by atoms with Crippen LogP contribution in [0.2, 0.25) is 20.1 Å². The van der Waals surface area contributed by atoms with Crippen molar-refractivity contribution in [3.63, 3.8) is 0 Å². The molecule has 2 N–H and O–H groups in total. The van der Waals surface area contributed by atoms with Gasteiger partial charge in [0.1, 0.15) is 5.75 Å². The van der Waals surface area contributed by atoms with E-state index in [0.717, 1.165) is 0 Å². The van der Waals surface area contributed by atoms with Crippen LogP contribution in [0.15, 0.2) is 66.7 Å². The highest BCUT2D eigenvalue weighted by atomic mass is 35.5. The first kappa shape index (κ1) is 25.5. The second-order valence-electron chi connectivity index (χ2n) is 7.26. The average Bonchev–Trinajstić information content (AvgIpc) is 2.81. The number of carbonyl (C=O) groups is 2. The van der Waals surface area contributed by atoms with Crippen LogP contribution in [0.5, 0.6) is 11.5 Å². The third-order valence-corrected chi connectivity index (χ3v) is 6.13.